The van der Waals surface area contributed by atoms with E-state index >= 15 is 0 Å². The molecule has 0 amide bonds. The van der Waals surface area contributed by atoms with Gasteiger partial charge in [-0.1, -0.05) is 12.5 Å². The Balaban J connectivity index is 2.01. The van der Waals surface area contributed by atoms with Gasteiger partial charge >= 0.3 is 0 Å². The predicted octanol–water partition coefficient (Wildman–Crippen LogP) is 2.73. The summed E-state index contributed by atoms with van der Waals surface area (Å²) in [6, 6.07) is 6.74. The second-order valence-electron chi connectivity index (χ2n) is 5.66. The second kappa shape index (κ2) is 4.39. The maximum Gasteiger partial charge on any atom is 0.112 e. The van der Waals surface area contributed by atoms with E-state index in [4.69, 9.17) is 10.7 Å². The molecule has 1 aromatic carbocycles. The minimum atomic E-state index is 0.210. The van der Waals surface area contributed by atoms with Crippen LogP contribution in [0.15, 0.2) is 18.2 Å². The van der Waals surface area contributed by atoms with E-state index in [9.17, 15) is 0 Å². The Morgan fingerprint density at radius 2 is 2.22 bits per heavy atom. The lowest BCUT2D eigenvalue weighted by Gasteiger charge is -2.24. The minimum absolute atomic E-state index is 0.210. The number of hydrogen-bond acceptors (Lipinski definition) is 2. The van der Waals surface area contributed by atoms with Crippen LogP contribution < -0.4 is 5.73 Å². The normalized spacial score (nSPS) is 17.9. The molecule has 1 aromatic heterocycles. The average Bonchev–Trinajstić information content (AvgIpc) is 2.54. The summed E-state index contributed by atoms with van der Waals surface area (Å²) in [4.78, 5) is 4.79. The Morgan fingerprint density at radius 1 is 1.44 bits per heavy atom. The van der Waals surface area contributed by atoms with Crippen LogP contribution in [0.2, 0.25) is 0 Å². The Hall–Kier alpha value is -1.35. The lowest BCUT2D eigenvalue weighted by Crippen LogP contribution is -2.17. The first-order valence-electron chi connectivity index (χ1n) is 6.86. The zero-order valence-electron chi connectivity index (χ0n) is 11.2. The number of aryl methyl sites for hydroxylation is 1. The Morgan fingerprint density at radius 3 is 2.83 bits per heavy atom. The molecular weight excluding hydrogens is 222 g/mol. The van der Waals surface area contributed by atoms with Gasteiger partial charge < -0.3 is 10.3 Å². The highest BCUT2D eigenvalue weighted by Gasteiger charge is 2.24. The third-order valence-corrected chi connectivity index (χ3v) is 4.01. The van der Waals surface area contributed by atoms with E-state index in [2.05, 4.69) is 29.8 Å². The zero-order chi connectivity index (χ0) is 12.7. The molecule has 0 radical (unpaired) electrons. The molecule has 3 heteroatoms. The van der Waals surface area contributed by atoms with Crippen LogP contribution in [0.25, 0.3) is 11.0 Å². The summed E-state index contributed by atoms with van der Waals surface area (Å²) in [5, 5.41) is 0. The van der Waals surface area contributed by atoms with E-state index in [1.54, 1.807) is 0 Å². The molecule has 1 aliphatic rings. The topological polar surface area (TPSA) is 43.8 Å². The largest absolute Gasteiger partial charge is 0.331 e. The van der Waals surface area contributed by atoms with Crippen molar-refractivity contribution in [1.82, 2.24) is 9.55 Å². The summed E-state index contributed by atoms with van der Waals surface area (Å²) in [7, 11) is 2.14. The van der Waals surface area contributed by atoms with Crippen molar-refractivity contribution in [2.75, 3.05) is 0 Å². The first-order valence-corrected chi connectivity index (χ1v) is 6.86. The fourth-order valence-electron chi connectivity index (χ4n) is 2.78. The molecule has 1 heterocycles. The minimum Gasteiger partial charge on any atom is -0.331 e. The lowest BCUT2D eigenvalue weighted by atomic mass is 9.85. The standard InChI is InChI=1S/C15H21N3/c1-10(16)8-11-6-7-13-14(9-11)18(2)15(17-13)12-4-3-5-12/h6-7,9-10,12H,3-5,8,16H2,1-2H3. The maximum absolute atomic E-state index is 5.87. The molecule has 1 aliphatic carbocycles. The van der Waals surface area contributed by atoms with Crippen molar-refractivity contribution in [3.63, 3.8) is 0 Å². The van der Waals surface area contributed by atoms with E-state index in [-0.39, 0.29) is 6.04 Å². The predicted molar refractivity (Wildman–Crippen MR) is 74.7 cm³/mol. The van der Waals surface area contributed by atoms with E-state index in [0.29, 0.717) is 5.92 Å². The van der Waals surface area contributed by atoms with Gasteiger partial charge in [-0.05, 0) is 43.9 Å². The molecule has 1 atom stereocenters. The van der Waals surface area contributed by atoms with Gasteiger partial charge in [0.25, 0.3) is 0 Å². The van der Waals surface area contributed by atoms with Gasteiger partial charge in [0.15, 0.2) is 0 Å². The molecule has 18 heavy (non-hydrogen) atoms. The molecule has 1 fully saturated rings. The first kappa shape index (κ1) is 11.7. The van der Waals surface area contributed by atoms with Crippen molar-refractivity contribution in [1.29, 1.82) is 0 Å². The highest BCUT2D eigenvalue weighted by atomic mass is 15.1. The van der Waals surface area contributed by atoms with Crippen LogP contribution in [0.5, 0.6) is 0 Å². The molecule has 3 rings (SSSR count). The molecule has 0 saturated heterocycles. The molecule has 0 bridgehead atoms. The van der Waals surface area contributed by atoms with E-state index < -0.39 is 0 Å². The molecule has 1 saturated carbocycles. The number of imidazole rings is 1. The van der Waals surface area contributed by atoms with Crippen LogP contribution in [-0.2, 0) is 13.5 Å². The maximum atomic E-state index is 5.87. The van der Waals surface area contributed by atoms with Gasteiger partial charge in [-0.25, -0.2) is 4.98 Å². The van der Waals surface area contributed by atoms with Gasteiger partial charge in [-0.2, -0.15) is 0 Å². The molecule has 0 aliphatic heterocycles. The summed E-state index contributed by atoms with van der Waals surface area (Å²) < 4.78 is 2.27. The van der Waals surface area contributed by atoms with Crippen molar-refractivity contribution >= 4 is 11.0 Å². The number of aromatic nitrogens is 2. The first-order chi connectivity index (χ1) is 8.65. The van der Waals surface area contributed by atoms with Crippen molar-refractivity contribution in [3.8, 4) is 0 Å². The van der Waals surface area contributed by atoms with Crippen LogP contribution in [0, 0.1) is 0 Å². The summed E-state index contributed by atoms with van der Waals surface area (Å²) in [5.74, 6) is 1.94. The molecule has 3 nitrogen and oxygen atoms in total. The summed E-state index contributed by atoms with van der Waals surface area (Å²) >= 11 is 0. The van der Waals surface area contributed by atoms with Gasteiger partial charge in [0.1, 0.15) is 5.82 Å². The summed E-state index contributed by atoms with van der Waals surface area (Å²) in [5.41, 5.74) is 9.54. The number of nitrogens with two attached hydrogens (primary N) is 1. The van der Waals surface area contributed by atoms with Gasteiger partial charge in [0, 0.05) is 19.0 Å². The monoisotopic (exact) mass is 243 g/mol. The van der Waals surface area contributed by atoms with Crippen molar-refractivity contribution in [2.45, 2.75) is 44.6 Å². The summed E-state index contributed by atoms with van der Waals surface area (Å²) in [6.45, 7) is 2.05. The smallest absolute Gasteiger partial charge is 0.112 e. The van der Waals surface area contributed by atoms with Crippen LogP contribution >= 0.6 is 0 Å². The van der Waals surface area contributed by atoms with Crippen LogP contribution in [0.1, 0.15) is 43.5 Å². The third-order valence-electron chi connectivity index (χ3n) is 4.01. The van der Waals surface area contributed by atoms with Crippen molar-refractivity contribution in [3.05, 3.63) is 29.6 Å². The fraction of sp³-hybridized carbons (Fsp3) is 0.533. The van der Waals surface area contributed by atoms with Crippen LogP contribution in [0.3, 0.4) is 0 Å². The fourth-order valence-corrected chi connectivity index (χ4v) is 2.78. The van der Waals surface area contributed by atoms with Gasteiger partial charge in [-0.3, -0.25) is 0 Å². The van der Waals surface area contributed by atoms with Crippen molar-refractivity contribution in [2.24, 2.45) is 12.8 Å². The number of benzene rings is 1. The molecule has 96 valence electrons. The highest BCUT2D eigenvalue weighted by Crippen LogP contribution is 2.36. The molecular formula is C15H21N3. The third kappa shape index (κ3) is 1.93. The Labute approximate surface area is 108 Å². The molecule has 2 N–H and O–H groups in total. The highest BCUT2D eigenvalue weighted by molar-refractivity contribution is 5.77. The van der Waals surface area contributed by atoms with E-state index in [0.717, 1.165) is 11.9 Å². The van der Waals surface area contributed by atoms with Crippen LogP contribution in [0.4, 0.5) is 0 Å². The quantitative estimate of drug-likeness (QED) is 0.900. The van der Waals surface area contributed by atoms with E-state index in [1.165, 1.54) is 36.2 Å². The number of fused-ring (bicyclic) bond motifs is 1. The van der Waals surface area contributed by atoms with Gasteiger partial charge in [0.05, 0.1) is 11.0 Å². The zero-order valence-corrected chi connectivity index (χ0v) is 11.2. The number of rotatable bonds is 3. The van der Waals surface area contributed by atoms with Gasteiger partial charge in [-0.15, -0.1) is 0 Å². The molecule has 1 unspecified atom stereocenters. The summed E-state index contributed by atoms with van der Waals surface area (Å²) in [6.07, 6.45) is 4.87. The number of nitrogens with zero attached hydrogens (tertiary/aromatic N) is 2. The van der Waals surface area contributed by atoms with Gasteiger partial charge in [0.2, 0.25) is 0 Å². The molecule has 2 aromatic rings. The Bertz CT molecular complexity index is 564. The van der Waals surface area contributed by atoms with Crippen molar-refractivity contribution < 1.29 is 0 Å². The second-order valence-corrected chi connectivity index (χ2v) is 5.66. The average molecular weight is 243 g/mol. The molecule has 0 spiro atoms. The lowest BCUT2D eigenvalue weighted by molar-refractivity contribution is 0.394. The SMILES string of the molecule is CC(N)Cc1ccc2nc(C3CCC3)n(C)c2c1. The van der Waals surface area contributed by atoms with Crippen LogP contribution in [-0.4, -0.2) is 15.6 Å². The van der Waals surface area contributed by atoms with E-state index in [1.807, 2.05) is 6.92 Å². The number of hydrogen-bond donors (Lipinski definition) is 1. The Kier molecular flexibility index (Phi) is 2.86.